The number of thiol groups is 1. The minimum atomic E-state index is -2.17. The van der Waals surface area contributed by atoms with Crippen LogP contribution >= 0.6 is 0 Å². The first-order chi connectivity index (χ1) is 5.20. The molecule has 0 amide bonds. The third kappa shape index (κ3) is 6.31. The van der Waals surface area contributed by atoms with Gasteiger partial charge in [0.05, 0.1) is 0 Å². The summed E-state index contributed by atoms with van der Waals surface area (Å²) >= 11 is 0. The molecular formula is C7H17NO2S. The number of hydrogen-bond acceptors (Lipinski definition) is 3. The second-order valence-corrected chi connectivity index (χ2v) is 3.55. The first kappa shape index (κ1) is 10.9. The van der Waals surface area contributed by atoms with Crippen molar-refractivity contribution in [3.05, 3.63) is 0 Å². The van der Waals surface area contributed by atoms with E-state index in [-0.39, 0.29) is 0 Å². The highest BCUT2D eigenvalue weighted by Gasteiger charge is 1.97. The number of nitrogens with zero attached hydrogens (tertiary/aromatic N) is 1. The topological polar surface area (TPSA) is 37.4 Å². The zero-order valence-corrected chi connectivity index (χ0v) is 8.14. The largest absolute Gasteiger partial charge is 0.304 e. The lowest BCUT2D eigenvalue weighted by atomic mass is 10.4. The Labute approximate surface area is 70.3 Å². The van der Waals surface area contributed by atoms with Crippen molar-refractivity contribution >= 4 is 10.7 Å². The molecular weight excluding hydrogens is 162 g/mol. The SMILES string of the molecule is CCN(CC)CCC[SH](=O)=O. The first-order valence-corrected chi connectivity index (χ1v) is 5.41. The van der Waals surface area contributed by atoms with Crippen LogP contribution in [-0.2, 0) is 10.7 Å². The zero-order valence-electron chi connectivity index (χ0n) is 7.25. The van der Waals surface area contributed by atoms with Crippen LogP contribution in [0.25, 0.3) is 0 Å². The molecule has 0 aliphatic carbocycles. The molecule has 0 unspecified atom stereocenters. The summed E-state index contributed by atoms with van der Waals surface area (Å²) < 4.78 is 20.4. The molecule has 0 saturated carbocycles. The summed E-state index contributed by atoms with van der Waals surface area (Å²) in [5, 5.41) is 0. The lowest BCUT2D eigenvalue weighted by Crippen LogP contribution is -2.24. The Morgan fingerprint density at radius 2 is 1.73 bits per heavy atom. The normalized spacial score (nSPS) is 11.3. The van der Waals surface area contributed by atoms with E-state index in [1.807, 2.05) is 0 Å². The number of hydrogen-bond donors (Lipinski definition) is 1. The van der Waals surface area contributed by atoms with Gasteiger partial charge in [-0.3, -0.25) is 0 Å². The van der Waals surface area contributed by atoms with Gasteiger partial charge in [-0.15, -0.1) is 0 Å². The molecule has 0 fully saturated rings. The maximum absolute atomic E-state index is 10.2. The van der Waals surface area contributed by atoms with Crippen LogP contribution in [-0.4, -0.2) is 38.7 Å². The van der Waals surface area contributed by atoms with Gasteiger partial charge in [0.15, 0.2) is 0 Å². The lowest BCUT2D eigenvalue weighted by Gasteiger charge is -2.16. The lowest BCUT2D eigenvalue weighted by molar-refractivity contribution is 0.305. The summed E-state index contributed by atoms with van der Waals surface area (Å²) in [5.74, 6) is 0.325. The van der Waals surface area contributed by atoms with Crippen LogP contribution in [0.15, 0.2) is 0 Å². The minimum absolute atomic E-state index is 0.325. The molecule has 0 radical (unpaired) electrons. The van der Waals surface area contributed by atoms with E-state index < -0.39 is 10.7 Å². The summed E-state index contributed by atoms with van der Waals surface area (Å²) in [4.78, 5) is 2.22. The van der Waals surface area contributed by atoms with E-state index in [9.17, 15) is 8.42 Å². The van der Waals surface area contributed by atoms with Gasteiger partial charge in [0.1, 0.15) is 10.7 Å². The predicted molar refractivity (Wildman–Crippen MR) is 47.6 cm³/mol. The first-order valence-electron chi connectivity index (χ1n) is 4.04. The summed E-state index contributed by atoms with van der Waals surface area (Å²) in [6.07, 6.45) is 0.764. The molecule has 3 nitrogen and oxygen atoms in total. The summed E-state index contributed by atoms with van der Waals surface area (Å²) in [5.41, 5.74) is 0. The predicted octanol–water partition coefficient (Wildman–Crippen LogP) is 0.330. The van der Waals surface area contributed by atoms with E-state index >= 15 is 0 Å². The van der Waals surface area contributed by atoms with Crippen molar-refractivity contribution < 1.29 is 8.42 Å². The van der Waals surface area contributed by atoms with Crippen molar-refractivity contribution in [1.82, 2.24) is 4.90 Å². The molecule has 0 spiro atoms. The smallest absolute Gasteiger partial charge is 0.140 e. The Hall–Kier alpha value is -0.0900. The highest BCUT2D eigenvalue weighted by molar-refractivity contribution is 7.72. The molecule has 11 heavy (non-hydrogen) atoms. The van der Waals surface area contributed by atoms with Crippen molar-refractivity contribution in [2.45, 2.75) is 20.3 Å². The van der Waals surface area contributed by atoms with E-state index in [0.717, 1.165) is 26.1 Å². The van der Waals surface area contributed by atoms with Gasteiger partial charge in [-0.05, 0) is 26.1 Å². The Balaban J connectivity index is 3.35. The van der Waals surface area contributed by atoms with Crippen LogP contribution in [0, 0.1) is 0 Å². The second-order valence-electron chi connectivity index (χ2n) is 2.44. The van der Waals surface area contributed by atoms with Crippen LogP contribution in [0.5, 0.6) is 0 Å². The fourth-order valence-electron chi connectivity index (χ4n) is 0.963. The molecule has 0 aromatic rings. The van der Waals surface area contributed by atoms with Gasteiger partial charge in [0.2, 0.25) is 0 Å². The van der Waals surface area contributed by atoms with Crippen LogP contribution in [0.4, 0.5) is 0 Å². The van der Waals surface area contributed by atoms with Crippen molar-refractivity contribution in [2.24, 2.45) is 0 Å². The van der Waals surface area contributed by atoms with Gasteiger partial charge < -0.3 is 4.90 Å². The minimum Gasteiger partial charge on any atom is -0.304 e. The highest BCUT2D eigenvalue weighted by atomic mass is 32.2. The van der Waals surface area contributed by atoms with Crippen LogP contribution in [0.3, 0.4) is 0 Å². The summed E-state index contributed by atoms with van der Waals surface area (Å²) in [6, 6.07) is 0. The third-order valence-electron chi connectivity index (χ3n) is 1.71. The van der Waals surface area contributed by atoms with E-state index in [0.29, 0.717) is 5.75 Å². The van der Waals surface area contributed by atoms with Gasteiger partial charge in [-0.2, -0.15) is 0 Å². The Bertz CT molecular complexity index is 145. The van der Waals surface area contributed by atoms with Gasteiger partial charge in [0.25, 0.3) is 0 Å². The highest BCUT2D eigenvalue weighted by Crippen LogP contribution is 1.89. The quantitative estimate of drug-likeness (QED) is 0.597. The third-order valence-corrected chi connectivity index (χ3v) is 2.39. The molecule has 0 saturated heterocycles. The van der Waals surface area contributed by atoms with E-state index in [2.05, 4.69) is 18.7 Å². The molecule has 0 atom stereocenters. The monoisotopic (exact) mass is 179 g/mol. The average molecular weight is 179 g/mol. The molecule has 0 aliphatic rings. The zero-order chi connectivity index (χ0) is 8.69. The second kappa shape index (κ2) is 6.61. The Morgan fingerprint density at radius 1 is 1.18 bits per heavy atom. The molecule has 0 heterocycles. The molecule has 0 aromatic carbocycles. The molecule has 0 bridgehead atoms. The van der Waals surface area contributed by atoms with Gasteiger partial charge >= 0.3 is 0 Å². The average Bonchev–Trinajstić information content (AvgIpc) is 1.98. The van der Waals surface area contributed by atoms with Gasteiger partial charge in [-0.25, -0.2) is 8.42 Å². The maximum Gasteiger partial charge on any atom is 0.140 e. The van der Waals surface area contributed by atoms with Crippen molar-refractivity contribution in [3.63, 3.8) is 0 Å². The molecule has 0 rings (SSSR count). The Morgan fingerprint density at radius 3 is 2.09 bits per heavy atom. The fourth-order valence-corrected chi connectivity index (χ4v) is 1.36. The molecule has 0 aromatic heterocycles. The molecule has 68 valence electrons. The molecule has 0 N–H and O–H groups in total. The van der Waals surface area contributed by atoms with Crippen LogP contribution in [0.2, 0.25) is 0 Å². The molecule has 4 heteroatoms. The van der Waals surface area contributed by atoms with Crippen molar-refractivity contribution in [3.8, 4) is 0 Å². The summed E-state index contributed by atoms with van der Waals surface area (Å²) in [7, 11) is -2.17. The van der Waals surface area contributed by atoms with E-state index in [4.69, 9.17) is 0 Å². The van der Waals surface area contributed by atoms with Crippen molar-refractivity contribution in [2.75, 3.05) is 25.4 Å². The van der Waals surface area contributed by atoms with Crippen LogP contribution < -0.4 is 0 Å². The number of rotatable bonds is 6. The Kier molecular flexibility index (Phi) is 6.56. The standard InChI is InChI=1S/C7H17NO2S/c1-3-8(4-2)6-5-7-11(9)10/h11H,3-7H2,1-2H3. The van der Waals surface area contributed by atoms with Crippen LogP contribution in [0.1, 0.15) is 20.3 Å². The van der Waals surface area contributed by atoms with Gasteiger partial charge in [-0.1, -0.05) is 13.8 Å². The van der Waals surface area contributed by atoms with E-state index in [1.54, 1.807) is 0 Å². The molecule has 0 aliphatic heterocycles. The maximum atomic E-state index is 10.2. The van der Waals surface area contributed by atoms with Crippen molar-refractivity contribution in [1.29, 1.82) is 0 Å². The summed E-state index contributed by atoms with van der Waals surface area (Å²) in [6.45, 7) is 7.08. The fraction of sp³-hybridized carbons (Fsp3) is 1.00. The van der Waals surface area contributed by atoms with E-state index in [1.165, 1.54) is 0 Å². The van der Waals surface area contributed by atoms with Gasteiger partial charge in [0, 0.05) is 5.75 Å².